The number of carbonyl (C=O) groups excluding carboxylic acids is 2. The average Bonchev–Trinajstić information content (AvgIpc) is 3.12. The maximum absolute atomic E-state index is 13.5. The van der Waals surface area contributed by atoms with Crippen LogP contribution in [0.15, 0.2) is 24.3 Å². The van der Waals surface area contributed by atoms with E-state index in [0.29, 0.717) is 49.6 Å². The molecule has 2 aromatic rings. The number of imidazole rings is 1. The molecule has 2 N–H and O–H groups in total. The molecular formula is C23H30FN3O5. The molecule has 1 aromatic carbocycles. The Kier molecular flexibility index (Phi) is 7.98. The zero-order chi connectivity index (χ0) is 23.3. The van der Waals surface area contributed by atoms with Gasteiger partial charge in [-0.15, -0.1) is 0 Å². The van der Waals surface area contributed by atoms with E-state index in [2.05, 4.69) is 10.3 Å². The monoisotopic (exact) mass is 447 g/mol. The van der Waals surface area contributed by atoms with E-state index in [1.165, 1.54) is 12.1 Å². The van der Waals surface area contributed by atoms with Crippen LogP contribution in [-0.2, 0) is 20.8 Å². The lowest BCUT2D eigenvalue weighted by molar-refractivity contribution is -0.160. The van der Waals surface area contributed by atoms with Gasteiger partial charge in [-0.05, 0) is 30.2 Å². The van der Waals surface area contributed by atoms with Crippen LogP contribution in [0.2, 0.25) is 0 Å². The number of hydrogen-bond donors (Lipinski definition) is 2. The third kappa shape index (κ3) is 5.72. The van der Waals surface area contributed by atoms with Crippen LogP contribution in [0.4, 0.5) is 4.39 Å². The minimum absolute atomic E-state index is 0.00540. The number of carbonyl (C=O) groups is 2. The summed E-state index contributed by atoms with van der Waals surface area (Å²) in [6.45, 7) is 5.09. The van der Waals surface area contributed by atoms with Crippen LogP contribution in [0.1, 0.15) is 55.2 Å². The molecule has 0 aliphatic carbocycles. The molecule has 0 bridgehead atoms. The Balaban J connectivity index is 1.96. The molecule has 2 heterocycles. The number of nitrogens with one attached hydrogen (secondary N) is 1. The van der Waals surface area contributed by atoms with Gasteiger partial charge < -0.3 is 24.5 Å². The highest BCUT2D eigenvalue weighted by Gasteiger charge is 2.29. The molecule has 1 aliphatic rings. The molecule has 8 nitrogen and oxygen atoms in total. The van der Waals surface area contributed by atoms with Gasteiger partial charge in [-0.1, -0.05) is 13.8 Å². The highest BCUT2D eigenvalue weighted by atomic mass is 19.1. The van der Waals surface area contributed by atoms with Crippen molar-refractivity contribution in [2.24, 2.45) is 0 Å². The van der Waals surface area contributed by atoms with Crippen molar-refractivity contribution in [2.45, 2.75) is 57.8 Å². The maximum atomic E-state index is 13.5. The van der Waals surface area contributed by atoms with Gasteiger partial charge in [-0.3, -0.25) is 9.59 Å². The molecule has 0 saturated carbocycles. The van der Waals surface area contributed by atoms with E-state index in [9.17, 15) is 19.1 Å². The van der Waals surface area contributed by atoms with Gasteiger partial charge in [0.2, 0.25) is 0 Å². The number of halogens is 1. The molecule has 0 radical (unpaired) electrons. The van der Waals surface area contributed by atoms with Gasteiger partial charge in [0.15, 0.2) is 0 Å². The lowest BCUT2D eigenvalue weighted by atomic mass is 10.0. The first-order valence-corrected chi connectivity index (χ1v) is 10.8. The molecular weight excluding hydrogens is 417 g/mol. The second-order valence-corrected chi connectivity index (χ2v) is 8.23. The highest BCUT2D eigenvalue weighted by molar-refractivity contribution is 5.94. The number of aliphatic hydroxyl groups excluding tert-OH is 1. The van der Waals surface area contributed by atoms with Gasteiger partial charge in [0.25, 0.3) is 5.91 Å². The van der Waals surface area contributed by atoms with E-state index in [1.807, 2.05) is 18.4 Å². The van der Waals surface area contributed by atoms with Crippen molar-refractivity contribution >= 4 is 11.9 Å². The molecule has 1 amide bonds. The Hall–Kier alpha value is -2.78. The molecule has 32 heavy (non-hydrogen) atoms. The standard InChI is InChI=1S/C23H30FN3O5/c1-14(2)21-20(23(30)25-9-11-31-3)26-22(15-4-6-16(24)7-5-15)27(21)10-8-18-12-17(28)13-19(29)32-18/h4-7,14,17-18,28H,8-13H2,1-3H3,(H,25,30)/t17-,18-/m1/s1. The summed E-state index contributed by atoms with van der Waals surface area (Å²) in [5, 5.41) is 12.7. The van der Waals surface area contributed by atoms with Crippen LogP contribution in [-0.4, -0.2) is 59.0 Å². The quantitative estimate of drug-likeness (QED) is 0.453. The predicted molar refractivity (Wildman–Crippen MR) is 116 cm³/mol. The molecule has 2 atom stereocenters. The fourth-order valence-electron chi connectivity index (χ4n) is 3.92. The van der Waals surface area contributed by atoms with E-state index in [0.717, 1.165) is 5.69 Å². The molecule has 9 heteroatoms. The Morgan fingerprint density at radius 1 is 1.38 bits per heavy atom. The van der Waals surface area contributed by atoms with Gasteiger partial charge in [0.05, 0.1) is 24.8 Å². The third-order valence-electron chi connectivity index (χ3n) is 5.37. The summed E-state index contributed by atoms with van der Waals surface area (Å²) >= 11 is 0. The second kappa shape index (κ2) is 10.7. The molecule has 1 aromatic heterocycles. The Morgan fingerprint density at radius 2 is 2.09 bits per heavy atom. The van der Waals surface area contributed by atoms with Gasteiger partial charge in [-0.2, -0.15) is 0 Å². The van der Waals surface area contributed by atoms with E-state index in [4.69, 9.17) is 9.47 Å². The summed E-state index contributed by atoms with van der Waals surface area (Å²) in [5.74, 6) is -0.586. The molecule has 1 aliphatic heterocycles. The first kappa shape index (κ1) is 23.9. The van der Waals surface area contributed by atoms with Crippen molar-refractivity contribution in [3.8, 4) is 11.4 Å². The van der Waals surface area contributed by atoms with Crippen LogP contribution in [0, 0.1) is 5.82 Å². The minimum atomic E-state index is -0.715. The van der Waals surface area contributed by atoms with Gasteiger partial charge in [0.1, 0.15) is 23.4 Å². The maximum Gasteiger partial charge on any atom is 0.308 e. The molecule has 0 unspecified atom stereocenters. The first-order valence-electron chi connectivity index (χ1n) is 10.8. The smallest absolute Gasteiger partial charge is 0.308 e. The summed E-state index contributed by atoms with van der Waals surface area (Å²) in [5.41, 5.74) is 1.71. The molecule has 3 rings (SSSR count). The number of nitrogens with zero attached hydrogens (tertiary/aromatic N) is 2. The fraction of sp³-hybridized carbons (Fsp3) is 0.522. The van der Waals surface area contributed by atoms with Gasteiger partial charge >= 0.3 is 5.97 Å². The SMILES string of the molecule is COCCNC(=O)c1nc(-c2ccc(F)cc2)n(CC[C@@H]2C[C@@H](O)CC(=O)O2)c1C(C)C. The number of benzene rings is 1. The van der Waals surface area contributed by atoms with Crippen LogP contribution < -0.4 is 5.32 Å². The summed E-state index contributed by atoms with van der Waals surface area (Å²) in [7, 11) is 1.56. The number of hydrogen-bond acceptors (Lipinski definition) is 6. The summed E-state index contributed by atoms with van der Waals surface area (Å²) in [6, 6.07) is 5.94. The fourth-order valence-corrected chi connectivity index (χ4v) is 3.92. The average molecular weight is 448 g/mol. The van der Waals surface area contributed by atoms with E-state index < -0.39 is 18.2 Å². The van der Waals surface area contributed by atoms with Crippen molar-refractivity contribution < 1.29 is 28.6 Å². The van der Waals surface area contributed by atoms with E-state index in [1.54, 1.807) is 19.2 Å². The summed E-state index contributed by atoms with van der Waals surface area (Å²) in [4.78, 5) is 29.2. The number of aliphatic hydroxyl groups is 1. The summed E-state index contributed by atoms with van der Waals surface area (Å²) in [6.07, 6.45) is -0.308. The van der Waals surface area contributed by atoms with Crippen LogP contribution in [0.25, 0.3) is 11.4 Å². The number of rotatable bonds is 9. The predicted octanol–water partition coefficient (Wildman–Crippen LogP) is 2.65. The van der Waals surface area contributed by atoms with Crippen LogP contribution in [0.5, 0.6) is 0 Å². The zero-order valence-corrected chi connectivity index (χ0v) is 18.6. The number of esters is 1. The molecule has 1 saturated heterocycles. The second-order valence-electron chi connectivity index (χ2n) is 8.23. The van der Waals surface area contributed by atoms with Gasteiger partial charge in [0, 0.05) is 38.6 Å². The molecule has 1 fully saturated rings. The summed E-state index contributed by atoms with van der Waals surface area (Å²) < 4.78 is 25.8. The zero-order valence-electron chi connectivity index (χ0n) is 18.6. The first-order chi connectivity index (χ1) is 15.3. The van der Waals surface area contributed by atoms with E-state index in [-0.39, 0.29) is 24.1 Å². The number of ether oxygens (including phenoxy) is 2. The van der Waals surface area contributed by atoms with E-state index >= 15 is 0 Å². The van der Waals surface area contributed by atoms with Crippen LogP contribution in [0.3, 0.4) is 0 Å². The number of amides is 1. The van der Waals surface area contributed by atoms with Crippen molar-refractivity contribution in [2.75, 3.05) is 20.3 Å². The van der Waals surface area contributed by atoms with Gasteiger partial charge in [-0.25, -0.2) is 9.37 Å². The topological polar surface area (TPSA) is 103 Å². The van der Waals surface area contributed by atoms with Crippen molar-refractivity contribution in [3.05, 3.63) is 41.5 Å². The number of methoxy groups -OCH3 is 1. The highest BCUT2D eigenvalue weighted by Crippen LogP contribution is 2.29. The Bertz CT molecular complexity index is 942. The lowest BCUT2D eigenvalue weighted by Crippen LogP contribution is -2.33. The normalized spacial score (nSPS) is 18.6. The van der Waals surface area contributed by atoms with Crippen molar-refractivity contribution in [1.82, 2.24) is 14.9 Å². The van der Waals surface area contributed by atoms with Crippen molar-refractivity contribution in [3.63, 3.8) is 0 Å². The molecule has 0 spiro atoms. The Labute approximate surface area is 186 Å². The lowest BCUT2D eigenvalue weighted by Gasteiger charge is -2.26. The largest absolute Gasteiger partial charge is 0.462 e. The number of cyclic esters (lactones) is 1. The number of aromatic nitrogens is 2. The van der Waals surface area contributed by atoms with Crippen LogP contribution >= 0.6 is 0 Å². The Morgan fingerprint density at radius 3 is 2.72 bits per heavy atom. The third-order valence-corrected chi connectivity index (χ3v) is 5.37. The molecule has 174 valence electrons. The minimum Gasteiger partial charge on any atom is -0.462 e. The van der Waals surface area contributed by atoms with Crippen molar-refractivity contribution in [1.29, 1.82) is 0 Å².